The van der Waals surface area contributed by atoms with Gasteiger partial charge in [-0.3, -0.25) is 4.79 Å². The molecule has 0 saturated carbocycles. The van der Waals surface area contributed by atoms with Gasteiger partial charge >= 0.3 is 0 Å². The molecule has 0 unspecified atom stereocenters. The molecule has 1 N–H and O–H groups in total. The van der Waals surface area contributed by atoms with E-state index in [2.05, 4.69) is 24.1 Å². The van der Waals surface area contributed by atoms with Crippen LogP contribution in [0.15, 0.2) is 24.3 Å². The Morgan fingerprint density at radius 1 is 1.30 bits per heavy atom. The second-order valence-corrected chi connectivity index (χ2v) is 6.91. The van der Waals surface area contributed by atoms with Crippen molar-refractivity contribution in [3.63, 3.8) is 0 Å². The molecule has 23 heavy (non-hydrogen) atoms. The third-order valence-corrected chi connectivity index (χ3v) is 5.72. The van der Waals surface area contributed by atoms with Crippen molar-refractivity contribution in [2.45, 2.75) is 30.8 Å². The minimum Gasteiger partial charge on any atom is -0.394 e. The van der Waals surface area contributed by atoms with Crippen LogP contribution < -0.4 is 4.90 Å². The molecule has 0 radical (unpaired) electrons. The van der Waals surface area contributed by atoms with Crippen LogP contribution in [0.1, 0.15) is 24.3 Å². The van der Waals surface area contributed by atoms with Crippen molar-refractivity contribution in [2.24, 2.45) is 5.92 Å². The number of para-hydroxylation sites is 1. The molecule has 4 rings (SSSR count). The first kappa shape index (κ1) is 15.0. The molecule has 1 amide bonds. The largest absolute Gasteiger partial charge is 0.394 e. The van der Waals surface area contributed by atoms with E-state index in [1.807, 2.05) is 17.0 Å². The first-order valence-electron chi connectivity index (χ1n) is 8.53. The fourth-order valence-corrected chi connectivity index (χ4v) is 4.54. The lowest BCUT2D eigenvalue weighted by Crippen LogP contribution is -2.71. The van der Waals surface area contributed by atoms with Gasteiger partial charge in [0.2, 0.25) is 5.91 Å². The summed E-state index contributed by atoms with van der Waals surface area (Å²) in [5.41, 5.74) is 2.49. The van der Waals surface area contributed by atoms with Gasteiger partial charge in [-0.15, -0.1) is 0 Å². The summed E-state index contributed by atoms with van der Waals surface area (Å²) in [4.78, 5) is 17.2. The minimum absolute atomic E-state index is 0.0359. The molecule has 3 aliphatic heterocycles. The molecule has 5 heteroatoms. The predicted molar refractivity (Wildman–Crippen MR) is 87.5 cm³/mol. The standard InChI is InChI=1S/C18H24N2O3/c1-19-10-15-17(13-4-2-3-5-14(13)19)16(11-21)20(15)18(22)12-6-8-23-9-7-12/h2-5,12,15-17,21H,6-11H2,1H3/t15-,16+,17+/m1/s1. The van der Waals surface area contributed by atoms with E-state index in [0.29, 0.717) is 13.2 Å². The molecule has 124 valence electrons. The maximum atomic E-state index is 13.0. The molecule has 1 aromatic carbocycles. The molecular formula is C18H24N2O3. The summed E-state index contributed by atoms with van der Waals surface area (Å²) in [6.07, 6.45) is 1.61. The van der Waals surface area contributed by atoms with Crippen LogP contribution >= 0.6 is 0 Å². The third kappa shape index (κ3) is 2.25. The van der Waals surface area contributed by atoms with Gasteiger partial charge in [0, 0.05) is 44.3 Å². The SMILES string of the molecule is CN1C[C@@H]2[C@H](c3ccccc31)[C@H](CO)N2C(=O)C1CCOCC1. The maximum absolute atomic E-state index is 13.0. The average Bonchev–Trinajstić information content (AvgIpc) is 2.58. The Kier molecular flexibility index (Phi) is 3.77. The van der Waals surface area contributed by atoms with Crippen molar-refractivity contribution in [3.8, 4) is 0 Å². The summed E-state index contributed by atoms with van der Waals surface area (Å²) < 4.78 is 5.38. The van der Waals surface area contributed by atoms with Gasteiger partial charge in [0.15, 0.2) is 0 Å². The zero-order valence-corrected chi connectivity index (χ0v) is 13.5. The Balaban J connectivity index is 1.61. The number of hydrogen-bond donors (Lipinski definition) is 1. The van der Waals surface area contributed by atoms with Crippen LogP contribution in [0, 0.1) is 5.92 Å². The molecule has 2 fully saturated rings. The number of amides is 1. The van der Waals surface area contributed by atoms with E-state index >= 15 is 0 Å². The van der Waals surface area contributed by atoms with Crippen molar-refractivity contribution in [2.75, 3.05) is 38.3 Å². The highest BCUT2D eigenvalue weighted by Gasteiger charge is 2.54. The van der Waals surface area contributed by atoms with Crippen LogP contribution in [-0.4, -0.2) is 61.4 Å². The fraction of sp³-hybridized carbons (Fsp3) is 0.611. The van der Waals surface area contributed by atoms with Gasteiger partial charge in [-0.1, -0.05) is 18.2 Å². The van der Waals surface area contributed by atoms with E-state index in [-0.39, 0.29) is 36.4 Å². The lowest BCUT2D eigenvalue weighted by atomic mass is 9.71. The monoisotopic (exact) mass is 316 g/mol. The number of aliphatic hydroxyl groups excluding tert-OH is 1. The molecule has 3 aliphatic rings. The zero-order chi connectivity index (χ0) is 16.0. The Morgan fingerprint density at radius 2 is 2.04 bits per heavy atom. The lowest BCUT2D eigenvalue weighted by molar-refractivity contribution is -0.158. The van der Waals surface area contributed by atoms with Gasteiger partial charge in [0.05, 0.1) is 18.7 Å². The topological polar surface area (TPSA) is 53.0 Å². The first-order chi connectivity index (χ1) is 11.2. The molecule has 5 nitrogen and oxygen atoms in total. The minimum atomic E-state index is -0.0785. The van der Waals surface area contributed by atoms with Gasteiger partial charge in [0.1, 0.15) is 0 Å². The molecule has 0 spiro atoms. The van der Waals surface area contributed by atoms with Gasteiger partial charge in [0.25, 0.3) is 0 Å². The molecule has 1 aromatic rings. The van der Waals surface area contributed by atoms with E-state index in [9.17, 15) is 9.90 Å². The van der Waals surface area contributed by atoms with Gasteiger partial charge in [-0.05, 0) is 24.5 Å². The lowest BCUT2D eigenvalue weighted by Gasteiger charge is -2.59. The summed E-state index contributed by atoms with van der Waals surface area (Å²) >= 11 is 0. The van der Waals surface area contributed by atoms with Crippen molar-refractivity contribution < 1.29 is 14.6 Å². The highest BCUT2D eigenvalue weighted by atomic mass is 16.5. The van der Waals surface area contributed by atoms with Crippen LogP contribution in [0.2, 0.25) is 0 Å². The molecule has 0 aromatic heterocycles. The van der Waals surface area contributed by atoms with Crippen LogP contribution in [0.4, 0.5) is 5.69 Å². The molecule has 3 heterocycles. The van der Waals surface area contributed by atoms with Crippen molar-refractivity contribution in [1.29, 1.82) is 0 Å². The van der Waals surface area contributed by atoms with E-state index in [0.717, 1.165) is 19.4 Å². The summed E-state index contributed by atoms with van der Waals surface area (Å²) in [6.45, 7) is 2.22. The number of carbonyl (C=O) groups excluding carboxylic acids is 1. The van der Waals surface area contributed by atoms with Crippen molar-refractivity contribution >= 4 is 11.6 Å². The number of fused-ring (bicyclic) bond motifs is 3. The molecule has 3 atom stereocenters. The highest BCUT2D eigenvalue weighted by Crippen LogP contribution is 2.48. The number of rotatable bonds is 2. The number of carbonyl (C=O) groups is 1. The summed E-state index contributed by atoms with van der Waals surface area (Å²) in [5.74, 6) is 0.527. The maximum Gasteiger partial charge on any atom is 0.226 e. The Labute approximate surface area is 136 Å². The van der Waals surface area contributed by atoms with Crippen LogP contribution in [0.25, 0.3) is 0 Å². The van der Waals surface area contributed by atoms with Crippen LogP contribution in [-0.2, 0) is 9.53 Å². The average molecular weight is 316 g/mol. The first-order valence-corrected chi connectivity index (χ1v) is 8.53. The fourth-order valence-electron chi connectivity index (χ4n) is 4.54. The Morgan fingerprint density at radius 3 is 2.78 bits per heavy atom. The normalized spacial score (nSPS) is 30.4. The smallest absolute Gasteiger partial charge is 0.226 e. The van der Waals surface area contributed by atoms with Crippen LogP contribution in [0.3, 0.4) is 0 Å². The van der Waals surface area contributed by atoms with E-state index in [1.54, 1.807) is 0 Å². The second kappa shape index (κ2) is 5.80. The van der Waals surface area contributed by atoms with E-state index in [4.69, 9.17) is 4.74 Å². The number of anilines is 1. The molecular weight excluding hydrogens is 292 g/mol. The van der Waals surface area contributed by atoms with Crippen LogP contribution in [0.5, 0.6) is 0 Å². The van der Waals surface area contributed by atoms with E-state index < -0.39 is 0 Å². The number of ether oxygens (including phenoxy) is 1. The third-order valence-electron chi connectivity index (χ3n) is 5.72. The summed E-state index contributed by atoms with van der Waals surface area (Å²) in [7, 11) is 2.08. The number of likely N-dealkylation sites (tertiary alicyclic amines) is 1. The van der Waals surface area contributed by atoms with E-state index in [1.165, 1.54) is 11.3 Å². The summed E-state index contributed by atoms with van der Waals surface area (Å²) in [6, 6.07) is 8.47. The highest BCUT2D eigenvalue weighted by molar-refractivity contribution is 5.82. The number of aliphatic hydroxyl groups is 1. The zero-order valence-electron chi connectivity index (χ0n) is 13.5. The van der Waals surface area contributed by atoms with Crippen molar-refractivity contribution in [3.05, 3.63) is 29.8 Å². The summed E-state index contributed by atoms with van der Waals surface area (Å²) in [5, 5.41) is 9.90. The number of nitrogens with zero attached hydrogens (tertiary/aromatic N) is 2. The van der Waals surface area contributed by atoms with Crippen molar-refractivity contribution in [1.82, 2.24) is 4.90 Å². The van der Waals surface area contributed by atoms with Gasteiger partial charge in [-0.2, -0.15) is 0 Å². The predicted octanol–water partition coefficient (Wildman–Crippen LogP) is 1.22. The molecule has 0 bridgehead atoms. The number of likely N-dealkylation sites (N-methyl/N-ethyl adjacent to an activating group) is 1. The number of hydrogen-bond acceptors (Lipinski definition) is 4. The number of benzene rings is 1. The van der Waals surface area contributed by atoms with Gasteiger partial charge in [-0.25, -0.2) is 0 Å². The van der Waals surface area contributed by atoms with Gasteiger partial charge < -0.3 is 19.6 Å². The Bertz CT molecular complexity index is 600. The quantitative estimate of drug-likeness (QED) is 0.891. The molecule has 0 aliphatic carbocycles. The molecule has 2 saturated heterocycles. The second-order valence-electron chi connectivity index (χ2n) is 6.91. The Hall–Kier alpha value is -1.59.